The van der Waals surface area contributed by atoms with E-state index in [1.807, 2.05) is 24.3 Å². The van der Waals surface area contributed by atoms with Gasteiger partial charge in [0.15, 0.2) is 0 Å². The zero-order chi connectivity index (χ0) is 21.1. The number of carbonyl (C=O) groups is 2. The van der Waals surface area contributed by atoms with Gasteiger partial charge < -0.3 is 15.5 Å². The molecule has 1 aliphatic rings. The van der Waals surface area contributed by atoms with Crippen molar-refractivity contribution in [1.29, 1.82) is 0 Å². The molecule has 0 aliphatic carbocycles. The van der Waals surface area contributed by atoms with Gasteiger partial charge in [-0.05, 0) is 43.1 Å². The van der Waals surface area contributed by atoms with E-state index >= 15 is 0 Å². The molecule has 1 aromatic heterocycles. The van der Waals surface area contributed by atoms with Crippen LogP contribution in [0.5, 0.6) is 0 Å². The van der Waals surface area contributed by atoms with Crippen molar-refractivity contribution in [2.75, 3.05) is 18.4 Å². The number of nitrogens with one attached hydrogen (secondary N) is 1. The molecule has 2 aromatic carbocycles. The third-order valence-electron chi connectivity index (χ3n) is 5.45. The Morgan fingerprint density at radius 1 is 1.13 bits per heavy atom. The number of anilines is 1. The van der Waals surface area contributed by atoms with Crippen LogP contribution >= 0.6 is 0 Å². The molecule has 0 radical (unpaired) electrons. The summed E-state index contributed by atoms with van der Waals surface area (Å²) in [5.41, 5.74) is 6.72. The van der Waals surface area contributed by atoms with Crippen LogP contribution in [0.1, 0.15) is 28.8 Å². The average Bonchev–Trinajstić information content (AvgIpc) is 2.74. The van der Waals surface area contributed by atoms with Gasteiger partial charge in [0.05, 0.1) is 5.92 Å². The number of nitrogens with two attached hydrogens (primary N) is 1. The lowest BCUT2D eigenvalue weighted by Crippen LogP contribution is -2.40. The Labute approximate surface area is 173 Å². The second-order valence-corrected chi connectivity index (χ2v) is 7.57. The van der Waals surface area contributed by atoms with Gasteiger partial charge in [0.1, 0.15) is 11.1 Å². The molecule has 3 N–H and O–H groups in total. The molecule has 30 heavy (non-hydrogen) atoms. The van der Waals surface area contributed by atoms with Crippen molar-refractivity contribution in [2.45, 2.75) is 19.4 Å². The Bertz CT molecular complexity index is 1150. The summed E-state index contributed by atoms with van der Waals surface area (Å²) in [6.45, 7) is 2.04. The normalized spacial score (nSPS) is 17.0. The monoisotopic (exact) mass is 405 g/mol. The molecule has 154 valence electrons. The van der Waals surface area contributed by atoms with Crippen molar-refractivity contribution in [2.24, 2.45) is 11.7 Å². The van der Waals surface area contributed by atoms with Gasteiger partial charge in [-0.15, -0.1) is 0 Å². The van der Waals surface area contributed by atoms with E-state index in [1.165, 1.54) is 0 Å². The average molecular weight is 405 g/mol. The van der Waals surface area contributed by atoms with Gasteiger partial charge in [-0.3, -0.25) is 14.5 Å². The topological polar surface area (TPSA) is 106 Å². The lowest BCUT2D eigenvalue weighted by molar-refractivity contribution is -0.123. The van der Waals surface area contributed by atoms with Crippen LogP contribution in [0.25, 0.3) is 11.0 Å². The Kier molecular flexibility index (Phi) is 5.63. The van der Waals surface area contributed by atoms with Gasteiger partial charge in [0.25, 0.3) is 5.91 Å². The molecular weight excluding hydrogens is 382 g/mol. The second kappa shape index (κ2) is 8.51. The molecule has 1 aliphatic heterocycles. The second-order valence-electron chi connectivity index (χ2n) is 7.57. The molecule has 7 heteroatoms. The number of amides is 2. The molecule has 1 unspecified atom stereocenters. The number of rotatable bonds is 5. The molecule has 4 rings (SSSR count). The third-order valence-corrected chi connectivity index (χ3v) is 5.45. The Hall–Kier alpha value is -3.45. The highest BCUT2D eigenvalue weighted by Gasteiger charge is 2.24. The number of piperidine rings is 1. The molecular formula is C23H23N3O4. The first-order valence-corrected chi connectivity index (χ1v) is 9.95. The number of benzene rings is 2. The van der Waals surface area contributed by atoms with Crippen LogP contribution in [-0.2, 0) is 11.3 Å². The van der Waals surface area contributed by atoms with E-state index in [-0.39, 0.29) is 17.4 Å². The molecule has 2 amide bonds. The van der Waals surface area contributed by atoms with Crippen molar-refractivity contribution >= 4 is 28.5 Å². The van der Waals surface area contributed by atoms with Crippen LogP contribution < -0.4 is 16.7 Å². The van der Waals surface area contributed by atoms with E-state index in [2.05, 4.69) is 10.2 Å². The standard InChI is InChI=1S/C23H23N3O4/c24-21(27)17-8-5-11-26(14-17)13-16-7-1-3-9-19(16)25-22(28)18-12-15-6-2-4-10-20(15)30-23(18)29/h1-4,6-7,9-10,12,17H,5,8,11,13-14H2,(H2,24,27)(H,25,28). The Morgan fingerprint density at radius 3 is 2.73 bits per heavy atom. The van der Waals surface area contributed by atoms with Crippen molar-refractivity contribution in [3.8, 4) is 0 Å². The van der Waals surface area contributed by atoms with E-state index in [0.717, 1.165) is 24.9 Å². The summed E-state index contributed by atoms with van der Waals surface area (Å²) in [5.74, 6) is -0.942. The van der Waals surface area contributed by atoms with E-state index in [4.69, 9.17) is 10.2 Å². The van der Waals surface area contributed by atoms with Crippen LogP contribution in [0.3, 0.4) is 0 Å². The van der Waals surface area contributed by atoms with Crippen LogP contribution in [-0.4, -0.2) is 29.8 Å². The lowest BCUT2D eigenvalue weighted by Gasteiger charge is -2.31. The first-order valence-electron chi connectivity index (χ1n) is 9.95. The van der Waals surface area contributed by atoms with Crippen molar-refractivity contribution in [3.63, 3.8) is 0 Å². The summed E-state index contributed by atoms with van der Waals surface area (Å²) in [4.78, 5) is 38.8. The number of likely N-dealkylation sites (tertiary alicyclic amines) is 1. The maximum absolute atomic E-state index is 12.8. The van der Waals surface area contributed by atoms with Gasteiger partial charge in [0, 0.05) is 24.2 Å². The van der Waals surface area contributed by atoms with Crippen molar-refractivity contribution in [1.82, 2.24) is 4.90 Å². The number of hydrogen-bond donors (Lipinski definition) is 2. The molecule has 0 spiro atoms. The molecule has 3 aromatic rings. The maximum atomic E-state index is 12.8. The smallest absolute Gasteiger partial charge is 0.349 e. The summed E-state index contributed by atoms with van der Waals surface area (Å²) in [5, 5.41) is 3.52. The highest BCUT2D eigenvalue weighted by Crippen LogP contribution is 2.23. The predicted octanol–water partition coefficient (Wildman–Crippen LogP) is 2.74. The van der Waals surface area contributed by atoms with E-state index in [0.29, 0.717) is 29.7 Å². The minimum absolute atomic E-state index is 0.0460. The Morgan fingerprint density at radius 2 is 1.90 bits per heavy atom. The third kappa shape index (κ3) is 4.26. The summed E-state index contributed by atoms with van der Waals surface area (Å²) < 4.78 is 5.27. The maximum Gasteiger partial charge on any atom is 0.349 e. The summed E-state index contributed by atoms with van der Waals surface area (Å²) in [6, 6.07) is 16.0. The number of nitrogens with zero attached hydrogens (tertiary/aromatic N) is 1. The number of carbonyl (C=O) groups excluding carboxylic acids is 2. The molecule has 7 nitrogen and oxygen atoms in total. The van der Waals surface area contributed by atoms with E-state index in [1.54, 1.807) is 30.3 Å². The molecule has 1 fully saturated rings. The van der Waals surface area contributed by atoms with Crippen LogP contribution in [0, 0.1) is 5.92 Å². The largest absolute Gasteiger partial charge is 0.422 e. The first-order chi connectivity index (χ1) is 14.5. The number of fused-ring (bicyclic) bond motifs is 1. The zero-order valence-corrected chi connectivity index (χ0v) is 16.5. The fourth-order valence-corrected chi connectivity index (χ4v) is 3.86. The fourth-order valence-electron chi connectivity index (χ4n) is 3.86. The van der Waals surface area contributed by atoms with Gasteiger partial charge in [-0.25, -0.2) is 4.79 Å². The van der Waals surface area contributed by atoms with Crippen LogP contribution in [0.4, 0.5) is 5.69 Å². The highest BCUT2D eigenvalue weighted by atomic mass is 16.4. The predicted molar refractivity (Wildman–Crippen MR) is 114 cm³/mol. The van der Waals surface area contributed by atoms with E-state index < -0.39 is 11.5 Å². The number of para-hydroxylation sites is 2. The van der Waals surface area contributed by atoms with Crippen LogP contribution in [0.15, 0.2) is 63.8 Å². The zero-order valence-electron chi connectivity index (χ0n) is 16.5. The SMILES string of the molecule is NC(=O)C1CCCN(Cc2ccccc2NC(=O)c2cc3ccccc3oc2=O)C1. The number of hydrogen-bond acceptors (Lipinski definition) is 5. The minimum atomic E-state index is -0.677. The molecule has 0 bridgehead atoms. The van der Waals surface area contributed by atoms with Gasteiger partial charge in [-0.2, -0.15) is 0 Å². The molecule has 1 saturated heterocycles. The first kappa shape index (κ1) is 19.8. The van der Waals surface area contributed by atoms with Crippen molar-refractivity contribution in [3.05, 3.63) is 76.1 Å². The van der Waals surface area contributed by atoms with Crippen molar-refractivity contribution < 1.29 is 14.0 Å². The van der Waals surface area contributed by atoms with Gasteiger partial charge in [-0.1, -0.05) is 36.4 Å². The summed E-state index contributed by atoms with van der Waals surface area (Å²) >= 11 is 0. The lowest BCUT2D eigenvalue weighted by atomic mass is 9.97. The van der Waals surface area contributed by atoms with E-state index in [9.17, 15) is 14.4 Å². The molecule has 0 saturated carbocycles. The fraction of sp³-hybridized carbons (Fsp3) is 0.261. The quantitative estimate of drug-likeness (QED) is 0.635. The van der Waals surface area contributed by atoms with Gasteiger partial charge in [0.2, 0.25) is 5.91 Å². The minimum Gasteiger partial charge on any atom is -0.422 e. The van der Waals surface area contributed by atoms with Crippen LogP contribution in [0.2, 0.25) is 0 Å². The Balaban J connectivity index is 1.54. The number of primary amides is 1. The summed E-state index contributed by atoms with van der Waals surface area (Å²) in [7, 11) is 0. The molecule has 2 heterocycles. The highest BCUT2D eigenvalue weighted by molar-refractivity contribution is 6.05. The molecule has 1 atom stereocenters. The summed E-state index contributed by atoms with van der Waals surface area (Å²) in [6.07, 6.45) is 1.71. The van der Waals surface area contributed by atoms with Gasteiger partial charge >= 0.3 is 5.63 Å².